The second-order valence-corrected chi connectivity index (χ2v) is 22.3. The maximum Gasteiger partial charge on any atom is 0.212 e. The molecule has 4 nitrogen and oxygen atoms in total. The second-order valence-electron chi connectivity index (χ2n) is 22.3. The van der Waals surface area contributed by atoms with Crippen molar-refractivity contribution in [2.75, 3.05) is 0 Å². The predicted octanol–water partition coefficient (Wildman–Crippen LogP) is 16.2. The Hall–Kier alpha value is -6.52. The predicted molar refractivity (Wildman–Crippen MR) is 324 cm³/mol. The normalized spacial score (nSPS) is 16.8. The van der Waals surface area contributed by atoms with Gasteiger partial charge in [0.1, 0.15) is 28.2 Å². The summed E-state index contributed by atoms with van der Waals surface area (Å²) in [4.78, 5) is 0. The van der Waals surface area contributed by atoms with Crippen LogP contribution >= 0.6 is 0 Å². The number of hydrogen-bond acceptors (Lipinski definition) is 0. The Morgan fingerprint density at radius 1 is 0.382 bits per heavy atom. The molecule has 0 aliphatic carbocycles. The van der Waals surface area contributed by atoms with Gasteiger partial charge in [0.05, 0.1) is 0 Å². The molecule has 4 aromatic heterocycles. The molecule has 0 aliphatic heterocycles. The fourth-order valence-electron chi connectivity index (χ4n) is 8.88. The summed E-state index contributed by atoms with van der Waals surface area (Å²) >= 11 is 0. The standard InChI is InChI=1S/2C19H26N.C18H24N.C16H20N/c1-14-7-9-17(15(2)11-14)18-10-8-16(13-20(18)6)12-19(3,4)5;1-14-7-8-17(15(2)11-14)18-12-16(9-10-20(18)6)13-19(3,4)5;1-13(2)10-16-7-9-18(19(5)12-16)17-8-6-14(3)11-15(17)4;1-11-6-7-16(17(5)10-11)15-9-13(3)12(2)8-14(15)4/h7-11,13H,12H2,1-6H3;7-12H,13H2,1-6H3;6-9,11-13H,10H2,1-5H3;6-10H,1-5H3/q4*+1/i1D3,12D2;1D3,13D2;3D3,10D2;1D3,2D3. The van der Waals surface area contributed by atoms with E-state index in [2.05, 4.69) is 0 Å². The van der Waals surface area contributed by atoms with Gasteiger partial charge >= 0.3 is 0 Å². The van der Waals surface area contributed by atoms with Crippen LogP contribution in [0.2, 0.25) is 0 Å². The smallest absolute Gasteiger partial charge is 0.201 e. The Labute approximate surface area is 491 Å². The van der Waals surface area contributed by atoms with Gasteiger partial charge in [-0.3, -0.25) is 0 Å². The molecular weight excluding hydrogens is 921 g/mol. The summed E-state index contributed by atoms with van der Waals surface area (Å²) in [6.07, 6.45) is 2.74. The van der Waals surface area contributed by atoms with E-state index < -0.39 is 64.2 Å². The molecule has 4 heteroatoms. The third-order valence-corrected chi connectivity index (χ3v) is 12.4. The lowest BCUT2D eigenvalue weighted by Gasteiger charge is -2.18. The van der Waals surface area contributed by atoms with E-state index >= 15 is 0 Å². The molecule has 4 aromatic carbocycles. The summed E-state index contributed by atoms with van der Waals surface area (Å²) < 4.78 is 171. The van der Waals surface area contributed by atoms with E-state index in [0.717, 1.165) is 67.3 Å². The summed E-state index contributed by atoms with van der Waals surface area (Å²) in [5.74, 6) is -0.122. The van der Waals surface area contributed by atoms with Crippen LogP contribution in [0, 0.1) is 85.6 Å². The number of aromatic nitrogens is 4. The first-order chi connectivity index (χ1) is 43.8. The van der Waals surface area contributed by atoms with Gasteiger partial charge in [-0.2, -0.15) is 0 Å². The summed E-state index contributed by atoms with van der Waals surface area (Å²) in [5, 5.41) is 0. The molecule has 0 radical (unpaired) electrons. The zero-order valence-electron chi connectivity index (χ0n) is 69.1. The van der Waals surface area contributed by atoms with Crippen molar-refractivity contribution >= 4 is 0 Å². The SMILES string of the molecule is [2H]C([2H])([2H])c1ccc(-c2cc(C([2H])([2H])C(C)(C)C)cc[n+]2C)c(C)c1.[2H]C([2H])([2H])c1ccc(-c2cc(C)c(C([2H])([2H])[2H])cc2C)[n+](C)c1.[2H]C([2H])([2H])c1ccc(-c2ccc(C([2H])([2H])C(C)(C)C)c[n+]2C)c(C)c1.[2H]C([2H])([2H])c1ccc(-c2ccc(C([2H])([2H])C(C)C)c[n+]2C)c(C)c1. The Bertz CT molecular complexity index is 4120. The molecule has 76 heavy (non-hydrogen) atoms. The van der Waals surface area contributed by atoms with Crippen molar-refractivity contribution in [2.24, 2.45) is 44.9 Å². The summed E-state index contributed by atoms with van der Waals surface area (Å²) in [5.41, 5.74) is 13.9. The largest absolute Gasteiger partial charge is 0.212 e. The zero-order valence-corrected chi connectivity index (χ0v) is 48.1. The van der Waals surface area contributed by atoms with E-state index in [9.17, 15) is 0 Å². The molecular formula is C72H96N4+4. The van der Waals surface area contributed by atoms with Gasteiger partial charge in [-0.15, -0.1) is 0 Å². The fourth-order valence-corrected chi connectivity index (χ4v) is 8.88. The molecule has 8 rings (SSSR count). The highest BCUT2D eigenvalue weighted by Crippen LogP contribution is 2.28. The Morgan fingerprint density at radius 3 is 1.25 bits per heavy atom. The summed E-state index contributed by atoms with van der Waals surface area (Å²) in [7, 11) is 7.46. The fraction of sp³-hybridized carbons (Fsp3) is 0.389. The minimum Gasteiger partial charge on any atom is -0.201 e. The van der Waals surface area contributed by atoms with E-state index in [-0.39, 0.29) is 11.5 Å². The topological polar surface area (TPSA) is 15.5 Å². The van der Waals surface area contributed by atoms with Gasteiger partial charge < -0.3 is 0 Å². The average Bonchev–Trinajstić information content (AvgIpc) is 0.800. The van der Waals surface area contributed by atoms with Crippen LogP contribution in [-0.4, -0.2) is 0 Å². The number of rotatable bonds is 8. The average molecular weight is 1040 g/mol. The van der Waals surface area contributed by atoms with Crippen LogP contribution in [0.5, 0.6) is 0 Å². The lowest BCUT2D eigenvalue weighted by Crippen LogP contribution is -2.32. The van der Waals surface area contributed by atoms with Gasteiger partial charge in [0.2, 0.25) is 22.8 Å². The Balaban J connectivity index is 0.000000234. The van der Waals surface area contributed by atoms with Crippen LogP contribution in [0.3, 0.4) is 0 Å². The molecule has 0 saturated heterocycles. The minimum absolute atomic E-state index is 0.122. The van der Waals surface area contributed by atoms with Gasteiger partial charge in [0, 0.05) is 98.1 Å². The summed E-state index contributed by atoms with van der Waals surface area (Å²) in [6.45, 7) is 13.7. The quantitative estimate of drug-likeness (QED) is 0.135. The number of benzene rings is 4. The van der Waals surface area contributed by atoms with Crippen LogP contribution in [0.25, 0.3) is 45.0 Å². The third-order valence-electron chi connectivity index (χ3n) is 12.4. The van der Waals surface area contributed by atoms with E-state index in [0.29, 0.717) is 44.5 Å². The maximum atomic E-state index is 8.50. The minimum atomic E-state index is -2.15. The maximum absolute atomic E-state index is 8.50. The van der Waals surface area contributed by atoms with Gasteiger partial charge in [-0.05, 0) is 186 Å². The van der Waals surface area contributed by atoms with E-state index in [1.54, 1.807) is 85.4 Å². The Morgan fingerprint density at radius 2 is 0.803 bits per heavy atom. The molecule has 0 saturated carbocycles. The molecule has 8 aromatic rings. The van der Waals surface area contributed by atoms with Crippen molar-refractivity contribution in [2.45, 2.75) is 143 Å². The molecule has 0 fully saturated rings. The number of pyridine rings is 4. The second kappa shape index (κ2) is 26.0. The van der Waals surface area contributed by atoms with E-state index in [1.807, 2.05) is 191 Å². The molecule has 400 valence electrons. The highest BCUT2D eigenvalue weighted by molar-refractivity contribution is 5.65. The van der Waals surface area contributed by atoms with Gasteiger partial charge in [0.25, 0.3) is 0 Å². The van der Waals surface area contributed by atoms with Crippen LogP contribution in [0.4, 0.5) is 0 Å². The molecule has 0 spiro atoms. The highest BCUT2D eigenvalue weighted by atomic mass is 14.9. The van der Waals surface area contributed by atoms with Crippen molar-refractivity contribution in [1.82, 2.24) is 0 Å². The molecule has 0 N–H and O–H groups in total. The first-order valence-electron chi connectivity index (χ1n) is 36.3. The monoisotopic (exact) mass is 1040 g/mol. The van der Waals surface area contributed by atoms with E-state index in [4.69, 9.17) is 28.8 Å². The zero-order chi connectivity index (χ0) is 74.3. The Kier molecular flexibility index (Phi) is 12.5. The highest BCUT2D eigenvalue weighted by Gasteiger charge is 2.20. The van der Waals surface area contributed by atoms with Crippen LogP contribution in [-0.2, 0) is 47.3 Å². The number of nitrogens with zero attached hydrogens (tertiary/aromatic N) is 4. The molecule has 0 amide bonds. The number of aryl methyl sites for hydroxylation is 14. The van der Waals surface area contributed by atoms with Gasteiger partial charge in [0.15, 0.2) is 24.8 Å². The van der Waals surface area contributed by atoms with Crippen LogP contribution in [0.15, 0.2) is 140 Å². The van der Waals surface area contributed by atoms with Crippen molar-refractivity contribution in [1.29, 1.82) is 0 Å². The molecule has 0 aliphatic rings. The number of hydrogen-bond donors (Lipinski definition) is 0. The van der Waals surface area contributed by atoms with Crippen molar-refractivity contribution in [3.8, 4) is 45.0 Å². The van der Waals surface area contributed by atoms with Gasteiger partial charge in [-0.25, -0.2) is 18.3 Å². The molecule has 4 heterocycles. The van der Waals surface area contributed by atoms with Crippen molar-refractivity contribution in [3.63, 3.8) is 0 Å². The molecule has 0 atom stereocenters. The first-order valence-corrected chi connectivity index (χ1v) is 25.8. The van der Waals surface area contributed by atoms with Crippen molar-refractivity contribution < 1.29 is 47.1 Å². The van der Waals surface area contributed by atoms with Crippen LogP contribution < -0.4 is 18.3 Å². The third kappa shape index (κ3) is 17.5. The van der Waals surface area contributed by atoms with Crippen molar-refractivity contribution in [3.05, 3.63) is 212 Å². The summed E-state index contributed by atoms with van der Waals surface area (Å²) in [6, 6.07) is 33.4. The van der Waals surface area contributed by atoms with E-state index in [1.165, 1.54) is 0 Å². The van der Waals surface area contributed by atoms with Crippen LogP contribution in [0.1, 0.15) is 157 Å². The lowest BCUT2D eigenvalue weighted by atomic mass is 9.88. The molecule has 0 unspecified atom stereocenters. The molecule has 0 bridgehead atoms. The lowest BCUT2D eigenvalue weighted by molar-refractivity contribution is -0.661. The van der Waals surface area contributed by atoms with Gasteiger partial charge in [-0.1, -0.05) is 115 Å². The first kappa shape index (κ1) is 36.5.